The van der Waals surface area contributed by atoms with Gasteiger partial charge in [-0.3, -0.25) is 4.98 Å². The van der Waals surface area contributed by atoms with Gasteiger partial charge in [-0.2, -0.15) is 0 Å². The third-order valence-electron chi connectivity index (χ3n) is 3.08. The van der Waals surface area contributed by atoms with Crippen LogP contribution in [0.5, 0.6) is 0 Å². The van der Waals surface area contributed by atoms with Gasteiger partial charge in [-0.15, -0.1) is 0 Å². The zero-order valence-electron chi connectivity index (χ0n) is 11.3. The summed E-state index contributed by atoms with van der Waals surface area (Å²) in [5.74, 6) is 0. The van der Waals surface area contributed by atoms with Gasteiger partial charge >= 0.3 is 0 Å². The molecule has 4 rings (SSSR count). The van der Waals surface area contributed by atoms with Gasteiger partial charge in [0.05, 0.1) is 11.0 Å². The second kappa shape index (κ2) is 6.46. The molecular weight excluding hydrogens is 324 g/mol. The van der Waals surface area contributed by atoms with E-state index < -0.39 is 0 Å². The van der Waals surface area contributed by atoms with Crippen LogP contribution >= 0.6 is 15.9 Å². The predicted molar refractivity (Wildman–Crippen MR) is 91.2 cm³/mol. The first kappa shape index (κ1) is 13.7. The van der Waals surface area contributed by atoms with Crippen molar-refractivity contribution >= 4 is 37.7 Å². The first-order chi connectivity index (χ1) is 10.3. The van der Waals surface area contributed by atoms with Crippen molar-refractivity contribution in [1.82, 2.24) is 9.97 Å². The van der Waals surface area contributed by atoms with Crippen molar-refractivity contribution < 1.29 is 0 Å². The van der Waals surface area contributed by atoms with E-state index in [1.165, 1.54) is 10.8 Å². The highest BCUT2D eigenvalue weighted by molar-refractivity contribution is 9.10. The van der Waals surface area contributed by atoms with Crippen LogP contribution in [0.4, 0.5) is 0 Å². The number of hydrogen-bond acceptors (Lipinski definition) is 2. The first-order valence-electron chi connectivity index (χ1n) is 6.64. The summed E-state index contributed by atoms with van der Waals surface area (Å²) in [6, 6.07) is 24.1. The lowest BCUT2D eigenvalue weighted by molar-refractivity contribution is 1.35. The molecule has 0 N–H and O–H groups in total. The topological polar surface area (TPSA) is 25.8 Å². The molecule has 0 aliphatic carbocycles. The molecule has 2 aromatic heterocycles. The molecule has 4 aromatic rings. The van der Waals surface area contributed by atoms with Gasteiger partial charge in [-0.05, 0) is 40.2 Å². The molecule has 102 valence electrons. The van der Waals surface area contributed by atoms with Crippen molar-refractivity contribution in [3.05, 3.63) is 83.6 Å². The Morgan fingerprint density at radius 3 is 2.00 bits per heavy atom. The summed E-state index contributed by atoms with van der Waals surface area (Å²) in [4.78, 5) is 8.47. The molecule has 3 heteroatoms. The normalized spacial score (nSPS) is 10.1. The van der Waals surface area contributed by atoms with Crippen molar-refractivity contribution in [2.24, 2.45) is 0 Å². The maximum atomic E-state index is 4.29. The molecule has 0 fully saturated rings. The maximum absolute atomic E-state index is 4.29. The van der Waals surface area contributed by atoms with Crippen molar-refractivity contribution in [3.8, 4) is 0 Å². The fraction of sp³-hybridized carbons (Fsp3) is 0. The fourth-order valence-electron chi connectivity index (χ4n) is 2.06. The van der Waals surface area contributed by atoms with Gasteiger partial charge in [0.1, 0.15) is 4.60 Å². The van der Waals surface area contributed by atoms with Gasteiger partial charge in [0, 0.05) is 17.0 Å². The molecule has 0 radical (unpaired) electrons. The van der Waals surface area contributed by atoms with E-state index in [-0.39, 0.29) is 0 Å². The van der Waals surface area contributed by atoms with Crippen molar-refractivity contribution in [2.75, 3.05) is 0 Å². The molecule has 0 spiro atoms. The van der Waals surface area contributed by atoms with Crippen LogP contribution in [0.25, 0.3) is 21.8 Å². The van der Waals surface area contributed by atoms with Crippen LogP contribution < -0.4 is 0 Å². The number of hydrogen-bond donors (Lipinski definition) is 0. The highest BCUT2D eigenvalue weighted by Crippen LogP contribution is 2.14. The third-order valence-corrected chi connectivity index (χ3v) is 3.52. The number of nitrogens with zero attached hydrogens (tertiary/aromatic N) is 2. The molecular formula is C18H13BrN2. The van der Waals surface area contributed by atoms with E-state index >= 15 is 0 Å². The van der Waals surface area contributed by atoms with Crippen molar-refractivity contribution in [1.29, 1.82) is 0 Å². The number of pyridine rings is 2. The van der Waals surface area contributed by atoms with E-state index in [0.29, 0.717) is 0 Å². The van der Waals surface area contributed by atoms with Crippen molar-refractivity contribution in [2.45, 2.75) is 0 Å². The molecule has 0 saturated carbocycles. The Hall–Kier alpha value is -2.26. The smallest absolute Gasteiger partial charge is 0.106 e. The van der Waals surface area contributed by atoms with E-state index in [4.69, 9.17) is 0 Å². The fourth-order valence-corrected chi connectivity index (χ4v) is 2.38. The van der Waals surface area contributed by atoms with Crippen LogP contribution in [0.2, 0.25) is 0 Å². The average Bonchev–Trinajstić information content (AvgIpc) is 2.55. The summed E-state index contributed by atoms with van der Waals surface area (Å²) in [6.45, 7) is 0. The Bertz CT molecular complexity index is 809. The van der Waals surface area contributed by atoms with Crippen LogP contribution in [-0.2, 0) is 0 Å². The molecule has 0 aliphatic rings. The first-order valence-corrected chi connectivity index (χ1v) is 7.43. The lowest BCUT2D eigenvalue weighted by atomic mass is 10.2. The molecule has 0 unspecified atom stereocenters. The van der Waals surface area contributed by atoms with E-state index in [2.05, 4.69) is 44.1 Å². The number of aromatic nitrogens is 2. The number of para-hydroxylation sites is 2. The van der Waals surface area contributed by atoms with Crippen molar-refractivity contribution in [3.63, 3.8) is 0 Å². The quantitative estimate of drug-likeness (QED) is 0.411. The maximum Gasteiger partial charge on any atom is 0.106 e. The Morgan fingerprint density at radius 2 is 1.24 bits per heavy atom. The van der Waals surface area contributed by atoms with Gasteiger partial charge in [-0.25, -0.2) is 4.98 Å². The van der Waals surface area contributed by atoms with E-state index in [0.717, 1.165) is 15.6 Å². The Morgan fingerprint density at radius 1 is 0.619 bits per heavy atom. The zero-order valence-corrected chi connectivity index (χ0v) is 12.9. The number of halogens is 1. The highest BCUT2D eigenvalue weighted by atomic mass is 79.9. The van der Waals surface area contributed by atoms with E-state index in [1.54, 1.807) is 0 Å². The standard InChI is InChI=1S/C9H6BrN.C9H7N/c10-9-6-5-7-3-1-2-4-8(7)11-9;1-2-6-9-8(4-1)5-3-7-10-9/h1-6H;1-7H. The molecule has 0 bridgehead atoms. The van der Waals surface area contributed by atoms with Crippen LogP contribution in [0.15, 0.2) is 83.6 Å². The Labute approximate surface area is 131 Å². The van der Waals surface area contributed by atoms with Gasteiger partial charge in [0.25, 0.3) is 0 Å². The van der Waals surface area contributed by atoms with Crippen LogP contribution in [0, 0.1) is 0 Å². The summed E-state index contributed by atoms with van der Waals surface area (Å²) in [5.41, 5.74) is 2.09. The Kier molecular flexibility index (Phi) is 4.22. The zero-order chi connectivity index (χ0) is 14.5. The number of fused-ring (bicyclic) bond motifs is 2. The molecule has 2 aromatic carbocycles. The summed E-state index contributed by atoms with van der Waals surface area (Å²) in [6.07, 6.45) is 1.81. The molecule has 0 atom stereocenters. The molecule has 2 heterocycles. The van der Waals surface area contributed by atoms with Gasteiger partial charge in [-0.1, -0.05) is 48.5 Å². The Balaban J connectivity index is 0.000000126. The number of rotatable bonds is 0. The predicted octanol–water partition coefficient (Wildman–Crippen LogP) is 5.23. The lowest BCUT2D eigenvalue weighted by Crippen LogP contribution is -1.77. The summed E-state index contributed by atoms with van der Waals surface area (Å²) in [5, 5.41) is 2.38. The second-order valence-electron chi connectivity index (χ2n) is 4.52. The minimum atomic E-state index is 0.885. The molecule has 0 saturated heterocycles. The third kappa shape index (κ3) is 3.44. The minimum Gasteiger partial charge on any atom is -0.256 e. The lowest BCUT2D eigenvalue weighted by Gasteiger charge is -1.94. The molecule has 0 aliphatic heterocycles. The summed E-state index contributed by atoms with van der Waals surface area (Å²) in [7, 11) is 0. The van der Waals surface area contributed by atoms with Crippen LogP contribution in [-0.4, -0.2) is 9.97 Å². The molecule has 0 amide bonds. The second-order valence-corrected chi connectivity index (χ2v) is 5.34. The summed E-state index contributed by atoms with van der Waals surface area (Å²) < 4.78 is 0.885. The summed E-state index contributed by atoms with van der Waals surface area (Å²) >= 11 is 3.32. The number of benzene rings is 2. The SMILES string of the molecule is Brc1ccc2ccccc2n1.c1ccc2ncccc2c1. The van der Waals surface area contributed by atoms with Crippen LogP contribution in [0.3, 0.4) is 0 Å². The molecule has 2 nitrogen and oxygen atoms in total. The van der Waals surface area contributed by atoms with Gasteiger partial charge in [0.2, 0.25) is 0 Å². The van der Waals surface area contributed by atoms with Crippen LogP contribution in [0.1, 0.15) is 0 Å². The monoisotopic (exact) mass is 336 g/mol. The highest BCUT2D eigenvalue weighted by Gasteiger charge is 1.92. The van der Waals surface area contributed by atoms with Gasteiger partial charge in [0.15, 0.2) is 0 Å². The molecule has 21 heavy (non-hydrogen) atoms. The van der Waals surface area contributed by atoms with Gasteiger partial charge < -0.3 is 0 Å². The minimum absolute atomic E-state index is 0.885. The van der Waals surface area contributed by atoms with E-state index in [9.17, 15) is 0 Å². The average molecular weight is 337 g/mol. The largest absolute Gasteiger partial charge is 0.256 e. The van der Waals surface area contributed by atoms with E-state index in [1.807, 2.05) is 60.8 Å².